The topological polar surface area (TPSA) is 0 Å². The Labute approximate surface area is 191 Å². The molecule has 0 unspecified atom stereocenters. The smallest absolute Gasteiger partial charge is 0.139 e. The van der Waals surface area contributed by atoms with Gasteiger partial charge in [-0.2, -0.15) is 0 Å². The molecule has 0 aliphatic rings. The summed E-state index contributed by atoms with van der Waals surface area (Å²) >= 11 is 0. The average molecular weight is 431 g/mol. The molecule has 32 heavy (non-hydrogen) atoms. The highest BCUT2D eigenvalue weighted by Crippen LogP contribution is 2.24. The molecule has 0 radical (unpaired) electrons. The Morgan fingerprint density at radius 3 is 1.91 bits per heavy atom. The van der Waals surface area contributed by atoms with Crippen molar-refractivity contribution in [3.8, 4) is 23.0 Å². The van der Waals surface area contributed by atoms with E-state index in [1.807, 2.05) is 0 Å². The average Bonchev–Trinajstić information content (AvgIpc) is 2.76. The molecule has 0 aliphatic carbocycles. The van der Waals surface area contributed by atoms with Crippen molar-refractivity contribution in [2.75, 3.05) is 0 Å². The number of aryl methyl sites for hydroxylation is 4. The maximum absolute atomic E-state index is 14.7. The van der Waals surface area contributed by atoms with Gasteiger partial charge in [-0.15, -0.1) is 0 Å². The highest BCUT2D eigenvalue weighted by atomic mass is 19.1. The molecule has 0 saturated carbocycles. The molecule has 0 amide bonds. The molecule has 0 nitrogen and oxygen atoms in total. The Hall–Kier alpha value is -2.92. The standard InChI is InChI=1S/C30H32F2/c1-5-6-7-8-9-10-24-17-22(3)28(23(4)18-24)16-15-25-13-14-27(20-30(25)32)26-12-11-21(2)29(31)19-26/h11-14,17-20H,5-10H2,1-4H3. The lowest BCUT2D eigenvalue weighted by Crippen LogP contribution is -1.94. The lowest BCUT2D eigenvalue weighted by Gasteiger charge is -2.09. The summed E-state index contributed by atoms with van der Waals surface area (Å²) in [6, 6.07) is 14.3. The van der Waals surface area contributed by atoms with E-state index in [-0.39, 0.29) is 5.82 Å². The summed E-state index contributed by atoms with van der Waals surface area (Å²) < 4.78 is 28.6. The number of rotatable bonds is 7. The van der Waals surface area contributed by atoms with Gasteiger partial charge in [-0.3, -0.25) is 0 Å². The number of unbranched alkanes of at least 4 members (excludes halogenated alkanes) is 4. The maximum Gasteiger partial charge on any atom is 0.139 e. The van der Waals surface area contributed by atoms with Crippen LogP contribution in [0, 0.1) is 44.2 Å². The van der Waals surface area contributed by atoms with E-state index >= 15 is 0 Å². The van der Waals surface area contributed by atoms with Crippen molar-refractivity contribution in [3.05, 3.63) is 93.5 Å². The first-order valence-electron chi connectivity index (χ1n) is 11.6. The molecule has 3 aromatic rings. The molecule has 0 N–H and O–H groups in total. The van der Waals surface area contributed by atoms with Crippen molar-refractivity contribution in [2.24, 2.45) is 0 Å². The van der Waals surface area contributed by atoms with Crippen LogP contribution in [0.5, 0.6) is 0 Å². The van der Waals surface area contributed by atoms with Gasteiger partial charge in [-0.1, -0.05) is 74.8 Å². The molecule has 0 saturated heterocycles. The molecule has 0 aromatic heterocycles. The molecule has 0 heterocycles. The fraction of sp³-hybridized carbons (Fsp3) is 0.333. The lowest BCUT2D eigenvalue weighted by atomic mass is 9.96. The first-order valence-corrected chi connectivity index (χ1v) is 11.6. The van der Waals surface area contributed by atoms with Crippen LogP contribution in [0.4, 0.5) is 8.78 Å². The second-order valence-electron chi connectivity index (χ2n) is 8.68. The van der Waals surface area contributed by atoms with E-state index in [1.165, 1.54) is 49.8 Å². The minimum Gasteiger partial charge on any atom is -0.207 e. The summed E-state index contributed by atoms with van der Waals surface area (Å²) in [5.74, 6) is 5.49. The Morgan fingerprint density at radius 1 is 0.656 bits per heavy atom. The van der Waals surface area contributed by atoms with Crippen LogP contribution in [0.25, 0.3) is 11.1 Å². The third-order valence-electron chi connectivity index (χ3n) is 5.96. The molecule has 0 atom stereocenters. The van der Waals surface area contributed by atoms with Crippen LogP contribution in [0.2, 0.25) is 0 Å². The molecular weight excluding hydrogens is 398 g/mol. The molecule has 166 valence electrons. The van der Waals surface area contributed by atoms with E-state index in [0.29, 0.717) is 22.3 Å². The zero-order chi connectivity index (χ0) is 23.1. The van der Waals surface area contributed by atoms with Crippen molar-refractivity contribution in [2.45, 2.75) is 66.2 Å². The second kappa shape index (κ2) is 11.1. The second-order valence-corrected chi connectivity index (χ2v) is 8.68. The van der Waals surface area contributed by atoms with Crippen molar-refractivity contribution in [3.63, 3.8) is 0 Å². The van der Waals surface area contributed by atoms with E-state index in [9.17, 15) is 8.78 Å². The lowest BCUT2D eigenvalue weighted by molar-refractivity contribution is 0.618. The summed E-state index contributed by atoms with van der Waals surface area (Å²) in [5, 5.41) is 0. The van der Waals surface area contributed by atoms with Crippen LogP contribution in [-0.4, -0.2) is 0 Å². The van der Waals surface area contributed by atoms with E-state index in [0.717, 1.165) is 23.1 Å². The van der Waals surface area contributed by atoms with Crippen molar-refractivity contribution in [1.82, 2.24) is 0 Å². The zero-order valence-electron chi connectivity index (χ0n) is 19.6. The number of benzene rings is 3. The van der Waals surface area contributed by atoms with E-state index < -0.39 is 5.82 Å². The summed E-state index contributed by atoms with van der Waals surface area (Å²) in [6.45, 7) is 8.09. The summed E-state index contributed by atoms with van der Waals surface area (Å²) in [4.78, 5) is 0. The predicted molar refractivity (Wildman–Crippen MR) is 131 cm³/mol. The van der Waals surface area contributed by atoms with Crippen molar-refractivity contribution < 1.29 is 8.78 Å². The molecule has 3 aromatic carbocycles. The Balaban J connectivity index is 1.76. The quantitative estimate of drug-likeness (QED) is 0.260. The number of hydrogen-bond acceptors (Lipinski definition) is 0. The fourth-order valence-corrected chi connectivity index (χ4v) is 4.03. The Morgan fingerprint density at radius 2 is 1.28 bits per heavy atom. The number of halogens is 2. The molecular formula is C30H32F2. The van der Waals surface area contributed by atoms with Gasteiger partial charge in [-0.25, -0.2) is 8.78 Å². The molecule has 0 aliphatic heterocycles. The molecule has 3 rings (SSSR count). The van der Waals surface area contributed by atoms with Gasteiger partial charge in [0.25, 0.3) is 0 Å². The van der Waals surface area contributed by atoms with Crippen molar-refractivity contribution >= 4 is 0 Å². The third kappa shape index (κ3) is 6.07. The fourth-order valence-electron chi connectivity index (χ4n) is 4.03. The monoisotopic (exact) mass is 430 g/mol. The minimum atomic E-state index is -0.394. The van der Waals surface area contributed by atoms with E-state index in [2.05, 4.69) is 44.7 Å². The van der Waals surface area contributed by atoms with E-state index in [1.54, 1.807) is 31.2 Å². The molecule has 0 fully saturated rings. The summed E-state index contributed by atoms with van der Waals surface area (Å²) in [6.07, 6.45) is 7.46. The minimum absolute atomic E-state index is 0.290. The van der Waals surface area contributed by atoms with Gasteiger partial charge in [-0.05, 0) is 85.2 Å². The van der Waals surface area contributed by atoms with Gasteiger partial charge in [0.05, 0.1) is 5.56 Å². The largest absolute Gasteiger partial charge is 0.207 e. The van der Waals surface area contributed by atoms with Crippen LogP contribution in [0.1, 0.15) is 72.4 Å². The summed E-state index contributed by atoms with van der Waals surface area (Å²) in [7, 11) is 0. The third-order valence-corrected chi connectivity index (χ3v) is 5.96. The highest BCUT2D eigenvalue weighted by Gasteiger charge is 2.07. The zero-order valence-corrected chi connectivity index (χ0v) is 19.6. The first-order chi connectivity index (χ1) is 15.4. The molecule has 2 heteroatoms. The van der Waals surface area contributed by atoms with Crippen LogP contribution < -0.4 is 0 Å². The highest BCUT2D eigenvalue weighted by molar-refractivity contribution is 5.65. The normalized spacial score (nSPS) is 10.7. The molecule has 0 spiro atoms. The van der Waals surface area contributed by atoms with Crippen LogP contribution >= 0.6 is 0 Å². The van der Waals surface area contributed by atoms with Gasteiger partial charge in [0.1, 0.15) is 11.6 Å². The van der Waals surface area contributed by atoms with Gasteiger partial charge >= 0.3 is 0 Å². The van der Waals surface area contributed by atoms with Crippen molar-refractivity contribution in [1.29, 1.82) is 0 Å². The molecule has 0 bridgehead atoms. The van der Waals surface area contributed by atoms with Gasteiger partial charge in [0, 0.05) is 5.56 Å². The Bertz CT molecular complexity index is 1120. The van der Waals surface area contributed by atoms with Crippen LogP contribution in [0.3, 0.4) is 0 Å². The Kier molecular flexibility index (Phi) is 8.23. The van der Waals surface area contributed by atoms with Gasteiger partial charge in [0.15, 0.2) is 0 Å². The van der Waals surface area contributed by atoms with Crippen LogP contribution in [0.15, 0.2) is 48.5 Å². The summed E-state index contributed by atoms with van der Waals surface area (Å²) in [5.41, 5.74) is 6.80. The van der Waals surface area contributed by atoms with Crippen LogP contribution in [-0.2, 0) is 6.42 Å². The maximum atomic E-state index is 14.7. The van der Waals surface area contributed by atoms with E-state index in [4.69, 9.17) is 0 Å². The SMILES string of the molecule is CCCCCCCc1cc(C)c(C#Cc2ccc(-c3ccc(C)c(F)c3)cc2F)c(C)c1. The van der Waals surface area contributed by atoms with Gasteiger partial charge < -0.3 is 0 Å². The van der Waals surface area contributed by atoms with Gasteiger partial charge in [0.2, 0.25) is 0 Å². The number of hydrogen-bond donors (Lipinski definition) is 0. The first kappa shape index (κ1) is 23.7. The predicted octanol–water partition coefficient (Wildman–Crippen LogP) is 8.47.